The fraction of sp³-hybridized carbons (Fsp3) is 0.333. The minimum atomic E-state index is -4.61. The molecule has 2 aromatic rings. The Morgan fingerprint density at radius 2 is 1.93 bits per heavy atom. The first-order valence-electron chi connectivity index (χ1n) is 8.04. The SMILES string of the molecule is CN(C)C(CNC(=O)Cn1cc(C(F)(F)F)ccc1=O)c1cccc(F)c1. The van der Waals surface area contributed by atoms with E-state index in [1.54, 1.807) is 31.1 Å². The van der Waals surface area contributed by atoms with Gasteiger partial charge in [0.2, 0.25) is 5.91 Å². The molecule has 0 radical (unpaired) electrons. The normalized spacial score (nSPS) is 12.9. The van der Waals surface area contributed by atoms with E-state index in [4.69, 9.17) is 0 Å². The molecule has 0 aliphatic rings. The Bertz CT molecular complexity index is 862. The van der Waals surface area contributed by atoms with Crippen molar-refractivity contribution in [3.63, 3.8) is 0 Å². The van der Waals surface area contributed by atoms with Crippen molar-refractivity contribution in [3.8, 4) is 0 Å². The standard InChI is InChI=1S/C18H19F4N3O2/c1-24(2)15(12-4-3-5-14(19)8-12)9-23-16(26)11-25-10-13(18(20,21)22)6-7-17(25)27/h3-8,10,15H,9,11H2,1-2H3,(H,23,26). The van der Waals surface area contributed by atoms with Crippen LogP contribution in [0.25, 0.3) is 0 Å². The van der Waals surface area contributed by atoms with Crippen molar-refractivity contribution in [2.45, 2.75) is 18.8 Å². The summed E-state index contributed by atoms with van der Waals surface area (Å²) >= 11 is 0. The number of halogens is 4. The second-order valence-electron chi connectivity index (χ2n) is 6.22. The van der Waals surface area contributed by atoms with Gasteiger partial charge in [-0.25, -0.2) is 4.39 Å². The highest BCUT2D eigenvalue weighted by molar-refractivity contribution is 5.75. The molecule has 1 amide bonds. The maximum Gasteiger partial charge on any atom is 0.417 e. The van der Waals surface area contributed by atoms with Gasteiger partial charge in [0, 0.05) is 18.8 Å². The molecule has 0 saturated carbocycles. The van der Waals surface area contributed by atoms with E-state index in [2.05, 4.69) is 5.32 Å². The summed E-state index contributed by atoms with van der Waals surface area (Å²) < 4.78 is 52.4. The summed E-state index contributed by atoms with van der Waals surface area (Å²) in [5.41, 5.74) is -1.09. The van der Waals surface area contributed by atoms with Crippen LogP contribution in [0.2, 0.25) is 0 Å². The zero-order valence-electron chi connectivity index (χ0n) is 14.8. The summed E-state index contributed by atoms with van der Waals surface area (Å²) in [5, 5.41) is 2.57. The van der Waals surface area contributed by atoms with Crippen LogP contribution in [-0.2, 0) is 17.5 Å². The van der Waals surface area contributed by atoms with Crippen LogP contribution in [-0.4, -0.2) is 36.0 Å². The predicted octanol–water partition coefficient (Wildman–Crippen LogP) is 2.43. The van der Waals surface area contributed by atoms with Crippen LogP contribution in [0.4, 0.5) is 17.6 Å². The Morgan fingerprint density at radius 3 is 2.52 bits per heavy atom. The van der Waals surface area contributed by atoms with Crippen LogP contribution < -0.4 is 10.9 Å². The number of carbonyl (C=O) groups is 1. The summed E-state index contributed by atoms with van der Waals surface area (Å²) in [6, 6.07) is 6.99. The van der Waals surface area contributed by atoms with E-state index in [1.807, 2.05) is 0 Å². The molecule has 1 aromatic carbocycles. The number of carbonyl (C=O) groups excluding carboxylic acids is 1. The number of alkyl halides is 3. The van der Waals surface area contributed by atoms with E-state index in [9.17, 15) is 27.2 Å². The van der Waals surface area contributed by atoms with E-state index in [-0.39, 0.29) is 12.6 Å². The fourth-order valence-electron chi connectivity index (χ4n) is 2.56. The first-order valence-corrected chi connectivity index (χ1v) is 8.04. The Labute approximate surface area is 153 Å². The molecular formula is C18H19F4N3O2. The number of amides is 1. The van der Waals surface area contributed by atoms with Crippen molar-refractivity contribution in [2.24, 2.45) is 0 Å². The van der Waals surface area contributed by atoms with Crippen molar-refractivity contribution in [2.75, 3.05) is 20.6 Å². The lowest BCUT2D eigenvalue weighted by Gasteiger charge is -2.25. The van der Waals surface area contributed by atoms with E-state index in [1.165, 1.54) is 12.1 Å². The first-order chi connectivity index (χ1) is 12.6. The molecule has 1 heterocycles. The maximum absolute atomic E-state index is 13.4. The molecule has 1 aromatic heterocycles. The Hall–Kier alpha value is -2.68. The maximum atomic E-state index is 13.4. The summed E-state index contributed by atoms with van der Waals surface area (Å²) in [6.07, 6.45) is -4.00. The van der Waals surface area contributed by atoms with E-state index in [0.717, 1.165) is 6.07 Å². The van der Waals surface area contributed by atoms with Gasteiger partial charge in [0.05, 0.1) is 11.6 Å². The smallest absolute Gasteiger partial charge is 0.353 e. The molecule has 146 valence electrons. The highest BCUT2D eigenvalue weighted by Gasteiger charge is 2.31. The Balaban J connectivity index is 2.08. The summed E-state index contributed by atoms with van der Waals surface area (Å²) in [7, 11) is 3.50. The zero-order chi connectivity index (χ0) is 20.2. The molecule has 1 N–H and O–H groups in total. The van der Waals surface area contributed by atoms with Gasteiger partial charge in [-0.2, -0.15) is 13.2 Å². The molecule has 0 fully saturated rings. The van der Waals surface area contributed by atoms with Gasteiger partial charge < -0.3 is 14.8 Å². The highest BCUT2D eigenvalue weighted by atomic mass is 19.4. The highest BCUT2D eigenvalue weighted by Crippen LogP contribution is 2.28. The number of rotatable bonds is 6. The second-order valence-corrected chi connectivity index (χ2v) is 6.22. The van der Waals surface area contributed by atoms with E-state index >= 15 is 0 Å². The molecule has 1 atom stereocenters. The van der Waals surface area contributed by atoms with Crippen LogP contribution in [0.15, 0.2) is 47.4 Å². The number of hydrogen-bond acceptors (Lipinski definition) is 3. The molecule has 0 saturated heterocycles. The van der Waals surface area contributed by atoms with Gasteiger partial charge in [-0.1, -0.05) is 12.1 Å². The molecule has 5 nitrogen and oxygen atoms in total. The largest absolute Gasteiger partial charge is 0.417 e. The van der Waals surface area contributed by atoms with Gasteiger partial charge in [-0.3, -0.25) is 9.59 Å². The summed E-state index contributed by atoms with van der Waals surface area (Å²) in [5.74, 6) is -1.04. The van der Waals surface area contributed by atoms with Gasteiger partial charge in [0.1, 0.15) is 12.4 Å². The lowest BCUT2D eigenvalue weighted by atomic mass is 10.1. The number of nitrogens with one attached hydrogen (secondary N) is 1. The Morgan fingerprint density at radius 1 is 1.22 bits per heavy atom. The van der Waals surface area contributed by atoms with Crippen molar-refractivity contribution in [1.29, 1.82) is 0 Å². The topological polar surface area (TPSA) is 54.3 Å². The molecule has 0 bridgehead atoms. The molecule has 1 unspecified atom stereocenters. The molecular weight excluding hydrogens is 366 g/mol. The average Bonchev–Trinajstić information content (AvgIpc) is 2.55. The first kappa shape index (κ1) is 20.6. The van der Waals surface area contributed by atoms with Crippen molar-refractivity contribution < 1.29 is 22.4 Å². The fourth-order valence-corrected chi connectivity index (χ4v) is 2.56. The molecule has 27 heavy (non-hydrogen) atoms. The minimum Gasteiger partial charge on any atom is -0.353 e. The van der Waals surface area contributed by atoms with E-state index in [0.29, 0.717) is 22.4 Å². The molecule has 9 heteroatoms. The van der Waals surface area contributed by atoms with Crippen molar-refractivity contribution in [3.05, 3.63) is 69.9 Å². The van der Waals surface area contributed by atoms with Crippen LogP contribution >= 0.6 is 0 Å². The number of hydrogen-bond donors (Lipinski definition) is 1. The number of benzene rings is 1. The number of pyridine rings is 1. The van der Waals surface area contributed by atoms with Crippen LogP contribution in [0.1, 0.15) is 17.2 Å². The number of likely N-dealkylation sites (N-methyl/N-ethyl adjacent to an activating group) is 1. The second kappa shape index (κ2) is 8.34. The predicted molar refractivity (Wildman–Crippen MR) is 91.5 cm³/mol. The van der Waals surface area contributed by atoms with Gasteiger partial charge in [-0.15, -0.1) is 0 Å². The summed E-state index contributed by atoms with van der Waals surface area (Å²) in [4.78, 5) is 25.6. The molecule has 0 spiro atoms. The molecule has 0 aliphatic carbocycles. The van der Waals surface area contributed by atoms with Crippen molar-refractivity contribution >= 4 is 5.91 Å². The lowest BCUT2D eigenvalue weighted by Crippen LogP contribution is -2.38. The zero-order valence-corrected chi connectivity index (χ0v) is 14.8. The number of aromatic nitrogens is 1. The van der Waals surface area contributed by atoms with Gasteiger partial charge >= 0.3 is 6.18 Å². The number of nitrogens with zero attached hydrogens (tertiary/aromatic N) is 2. The van der Waals surface area contributed by atoms with Crippen LogP contribution in [0, 0.1) is 5.82 Å². The Kier molecular flexibility index (Phi) is 6.37. The third-order valence-corrected chi connectivity index (χ3v) is 3.97. The third-order valence-electron chi connectivity index (χ3n) is 3.97. The minimum absolute atomic E-state index is 0.100. The molecule has 2 rings (SSSR count). The van der Waals surface area contributed by atoms with E-state index < -0.39 is 35.6 Å². The third kappa shape index (κ3) is 5.65. The monoisotopic (exact) mass is 385 g/mol. The molecule has 0 aliphatic heterocycles. The van der Waals surface area contributed by atoms with Gasteiger partial charge in [0.15, 0.2) is 0 Å². The lowest BCUT2D eigenvalue weighted by molar-refractivity contribution is -0.138. The van der Waals surface area contributed by atoms with Crippen LogP contribution in [0.3, 0.4) is 0 Å². The van der Waals surface area contributed by atoms with Crippen molar-refractivity contribution in [1.82, 2.24) is 14.8 Å². The van der Waals surface area contributed by atoms with Crippen LogP contribution in [0.5, 0.6) is 0 Å². The van der Waals surface area contributed by atoms with Gasteiger partial charge in [0.25, 0.3) is 5.56 Å². The van der Waals surface area contributed by atoms with Gasteiger partial charge in [-0.05, 0) is 37.9 Å². The quantitative estimate of drug-likeness (QED) is 0.778. The summed E-state index contributed by atoms with van der Waals surface area (Å²) in [6.45, 7) is -0.449. The average molecular weight is 385 g/mol.